The molecule has 4 aromatic carbocycles. The molecule has 0 spiro atoms. The van der Waals surface area contributed by atoms with E-state index in [1.807, 2.05) is 84.9 Å². The number of benzene rings is 4. The lowest BCUT2D eigenvalue weighted by atomic mass is 9.81. The topological polar surface area (TPSA) is 76.0 Å². The van der Waals surface area contributed by atoms with Gasteiger partial charge in [0.2, 0.25) is 5.90 Å². The molecule has 6 rings (SSSR count). The highest BCUT2D eigenvalue weighted by molar-refractivity contribution is 7.91. The molecule has 0 N–H and O–H groups in total. The summed E-state index contributed by atoms with van der Waals surface area (Å²) >= 11 is 0. The predicted molar refractivity (Wildman–Crippen MR) is 150 cm³/mol. The van der Waals surface area contributed by atoms with E-state index in [4.69, 9.17) is 9.73 Å². The summed E-state index contributed by atoms with van der Waals surface area (Å²) in [5, 5.41) is 0. The summed E-state index contributed by atoms with van der Waals surface area (Å²) in [6.45, 7) is 0.329. The minimum atomic E-state index is -3.59. The fourth-order valence-electron chi connectivity index (χ4n) is 5.43. The average Bonchev–Trinajstić information content (AvgIpc) is 3.33. The third-order valence-electron chi connectivity index (χ3n) is 7.39. The number of sulfone groups is 1. The lowest BCUT2D eigenvalue weighted by molar-refractivity contribution is -0.139. The molecule has 0 aromatic heterocycles. The van der Waals surface area contributed by atoms with E-state index >= 15 is 0 Å². The van der Waals surface area contributed by atoms with Crippen LogP contribution in [0.25, 0.3) is 0 Å². The summed E-state index contributed by atoms with van der Waals surface area (Å²) in [5.41, 5.74) is 2.28. The molecule has 0 radical (unpaired) electrons. The minimum absolute atomic E-state index is 0.0455. The number of fused-ring (bicyclic) bond motifs is 3. The van der Waals surface area contributed by atoms with Crippen LogP contribution < -0.4 is 0 Å². The Balaban J connectivity index is 1.45. The number of nitrogens with zero attached hydrogens (tertiary/aromatic N) is 2. The Morgan fingerprint density at radius 3 is 2.15 bits per heavy atom. The van der Waals surface area contributed by atoms with E-state index < -0.39 is 21.5 Å². The van der Waals surface area contributed by atoms with Crippen LogP contribution in [-0.2, 0) is 32.3 Å². The van der Waals surface area contributed by atoms with Crippen molar-refractivity contribution in [2.45, 2.75) is 29.5 Å². The first-order valence-corrected chi connectivity index (χ1v) is 14.6. The zero-order chi connectivity index (χ0) is 26.9. The predicted octanol–water partition coefficient (Wildman–Crippen LogP) is 5.00. The largest absolute Gasteiger partial charge is 0.466 e. The van der Waals surface area contributed by atoms with Crippen molar-refractivity contribution in [2.75, 3.05) is 12.3 Å². The van der Waals surface area contributed by atoms with Gasteiger partial charge in [0.15, 0.2) is 21.5 Å². The van der Waals surface area contributed by atoms with Gasteiger partial charge in [-0.2, -0.15) is 0 Å². The Labute approximate surface area is 228 Å². The third kappa shape index (κ3) is 4.74. The van der Waals surface area contributed by atoms with Crippen LogP contribution in [-0.4, -0.2) is 43.0 Å². The van der Waals surface area contributed by atoms with Gasteiger partial charge in [-0.15, -0.1) is 0 Å². The van der Waals surface area contributed by atoms with Crippen LogP contribution in [0.4, 0.5) is 0 Å². The number of carbonyl (C=O) groups is 1. The quantitative estimate of drug-likeness (QED) is 0.333. The first-order chi connectivity index (χ1) is 19.0. The van der Waals surface area contributed by atoms with E-state index in [-0.39, 0.29) is 29.6 Å². The summed E-state index contributed by atoms with van der Waals surface area (Å²) < 4.78 is 32.9. The van der Waals surface area contributed by atoms with Crippen molar-refractivity contribution in [3.05, 3.63) is 138 Å². The van der Waals surface area contributed by atoms with Gasteiger partial charge in [-0.05, 0) is 35.4 Å². The Morgan fingerprint density at radius 2 is 1.44 bits per heavy atom. The molecule has 0 bridgehead atoms. The van der Waals surface area contributed by atoms with Gasteiger partial charge in [0.25, 0.3) is 5.91 Å². The van der Waals surface area contributed by atoms with E-state index in [1.165, 1.54) is 0 Å². The lowest BCUT2D eigenvalue weighted by Gasteiger charge is -2.32. The minimum Gasteiger partial charge on any atom is -0.466 e. The second kappa shape index (κ2) is 10.2. The van der Waals surface area contributed by atoms with Gasteiger partial charge in [-0.1, -0.05) is 91.0 Å². The van der Waals surface area contributed by atoms with Gasteiger partial charge >= 0.3 is 0 Å². The third-order valence-corrected chi connectivity index (χ3v) is 9.10. The monoisotopic (exact) mass is 536 g/mol. The summed E-state index contributed by atoms with van der Waals surface area (Å²) in [7, 11) is -3.59. The molecule has 7 heteroatoms. The molecular formula is C32H28N2O4S. The normalized spacial score (nSPS) is 20.4. The molecule has 196 valence electrons. The van der Waals surface area contributed by atoms with Crippen molar-refractivity contribution >= 4 is 21.6 Å². The van der Waals surface area contributed by atoms with Crippen molar-refractivity contribution in [3.63, 3.8) is 0 Å². The average molecular weight is 537 g/mol. The molecule has 0 aliphatic carbocycles. The second-order valence-corrected chi connectivity index (χ2v) is 12.0. The number of hydrogen-bond acceptors (Lipinski definition) is 5. The Morgan fingerprint density at radius 1 is 0.821 bits per heavy atom. The Kier molecular flexibility index (Phi) is 6.53. The number of ether oxygens (including phenoxy) is 1. The highest BCUT2D eigenvalue weighted by atomic mass is 32.2. The highest BCUT2D eigenvalue weighted by Crippen LogP contribution is 2.46. The standard InChI is InChI=1S/C32H28N2O4S/c35-31-32(22-24-12-4-1-5-13-24)29(38-30(33-32)25-14-6-2-7-15-25)28-19-11-10-16-26(28)23-34(31)20-21-39(36,37)27-17-8-3-9-18-27/h1-19,29H,20-23H2. The molecule has 2 unspecified atom stereocenters. The number of hydrogen-bond donors (Lipinski definition) is 0. The first kappa shape index (κ1) is 25.1. The van der Waals surface area contributed by atoms with Gasteiger partial charge in [-0.25, -0.2) is 13.4 Å². The SMILES string of the molecule is O=C1N(CCS(=O)(=O)c2ccccc2)Cc2ccccc2C2OC(c3ccccc3)=NC12Cc1ccccc1. The maximum Gasteiger partial charge on any atom is 0.255 e. The second-order valence-electron chi connectivity index (χ2n) is 9.92. The number of aliphatic imine (C=N–C) groups is 1. The molecule has 0 saturated carbocycles. The van der Waals surface area contributed by atoms with Gasteiger partial charge in [0.05, 0.1) is 10.6 Å². The molecule has 0 saturated heterocycles. The number of amides is 1. The molecule has 6 nitrogen and oxygen atoms in total. The smallest absolute Gasteiger partial charge is 0.255 e. The molecule has 1 amide bonds. The number of carbonyl (C=O) groups excluding carboxylic acids is 1. The summed E-state index contributed by atoms with van der Waals surface area (Å²) in [4.78, 5) is 21.5. The molecule has 2 heterocycles. The first-order valence-electron chi connectivity index (χ1n) is 13.0. The van der Waals surface area contributed by atoms with E-state index in [2.05, 4.69) is 0 Å². The van der Waals surface area contributed by atoms with Crippen molar-refractivity contribution < 1.29 is 17.9 Å². The molecule has 0 fully saturated rings. The van der Waals surface area contributed by atoms with Crippen molar-refractivity contribution in [2.24, 2.45) is 4.99 Å². The molecular weight excluding hydrogens is 508 g/mol. The zero-order valence-corrected chi connectivity index (χ0v) is 22.1. The maximum atomic E-state index is 14.6. The molecule has 4 aromatic rings. The van der Waals surface area contributed by atoms with Crippen molar-refractivity contribution in [3.8, 4) is 0 Å². The fraction of sp³-hybridized carbons (Fsp3) is 0.188. The van der Waals surface area contributed by atoms with Crippen molar-refractivity contribution in [1.29, 1.82) is 0 Å². The van der Waals surface area contributed by atoms with Gasteiger partial charge < -0.3 is 9.64 Å². The van der Waals surface area contributed by atoms with Crippen LogP contribution in [0.2, 0.25) is 0 Å². The maximum absolute atomic E-state index is 14.6. The van der Waals surface area contributed by atoms with Gasteiger partial charge in [0.1, 0.15) is 0 Å². The molecule has 2 atom stereocenters. The van der Waals surface area contributed by atoms with E-state index in [0.717, 1.165) is 22.3 Å². The van der Waals surface area contributed by atoms with E-state index in [1.54, 1.807) is 35.2 Å². The van der Waals surface area contributed by atoms with Gasteiger partial charge in [0, 0.05) is 30.6 Å². The van der Waals surface area contributed by atoms with Crippen LogP contribution in [0.15, 0.2) is 125 Å². The van der Waals surface area contributed by atoms with Crippen LogP contribution in [0.3, 0.4) is 0 Å². The molecule has 2 aliphatic heterocycles. The van der Waals surface area contributed by atoms with Crippen LogP contribution >= 0.6 is 0 Å². The molecule has 2 aliphatic rings. The number of rotatable bonds is 7. The summed E-state index contributed by atoms with van der Waals surface area (Å²) in [6.07, 6.45) is -0.323. The van der Waals surface area contributed by atoms with E-state index in [0.29, 0.717) is 12.3 Å². The lowest BCUT2D eigenvalue weighted by Crippen LogP contribution is -2.50. The van der Waals surface area contributed by atoms with Crippen LogP contribution in [0.5, 0.6) is 0 Å². The van der Waals surface area contributed by atoms with Gasteiger partial charge in [-0.3, -0.25) is 4.79 Å². The Hall–Kier alpha value is -4.23. The zero-order valence-electron chi connectivity index (χ0n) is 21.3. The summed E-state index contributed by atoms with van der Waals surface area (Å²) in [5.74, 6) is -0.00665. The van der Waals surface area contributed by atoms with Crippen LogP contribution in [0, 0.1) is 0 Å². The highest BCUT2D eigenvalue weighted by Gasteiger charge is 2.56. The van der Waals surface area contributed by atoms with Crippen molar-refractivity contribution in [1.82, 2.24) is 4.90 Å². The van der Waals surface area contributed by atoms with Crippen LogP contribution in [0.1, 0.15) is 28.4 Å². The molecule has 39 heavy (non-hydrogen) atoms. The van der Waals surface area contributed by atoms with E-state index in [9.17, 15) is 13.2 Å². The fourth-order valence-corrected chi connectivity index (χ4v) is 6.69. The Bertz CT molecular complexity index is 1620. The summed E-state index contributed by atoms with van der Waals surface area (Å²) in [6, 6.07) is 35.6.